The molecule has 0 unspecified atom stereocenters. The summed E-state index contributed by atoms with van der Waals surface area (Å²) in [7, 11) is 1.49. The zero-order valence-corrected chi connectivity index (χ0v) is 16.4. The second kappa shape index (κ2) is 9.41. The third kappa shape index (κ3) is 5.71. The van der Waals surface area contributed by atoms with Crippen molar-refractivity contribution in [1.82, 2.24) is 10.1 Å². The van der Waals surface area contributed by atoms with E-state index < -0.39 is 17.7 Å². The van der Waals surface area contributed by atoms with Crippen molar-refractivity contribution in [3.8, 4) is 5.75 Å². The minimum absolute atomic E-state index is 0.173. The molecule has 0 aliphatic heterocycles. The molecule has 0 saturated heterocycles. The summed E-state index contributed by atoms with van der Waals surface area (Å²) in [5.41, 5.74) is 0.483. The summed E-state index contributed by atoms with van der Waals surface area (Å²) < 4.78 is 15.4. The Bertz CT molecular complexity index is 1030. The molecule has 156 valence electrons. The van der Waals surface area contributed by atoms with Gasteiger partial charge < -0.3 is 29.2 Å². The van der Waals surface area contributed by atoms with E-state index >= 15 is 0 Å². The van der Waals surface area contributed by atoms with E-state index in [1.807, 2.05) is 0 Å². The van der Waals surface area contributed by atoms with Gasteiger partial charge in [-0.3, -0.25) is 14.4 Å². The van der Waals surface area contributed by atoms with Crippen molar-refractivity contribution in [2.45, 2.75) is 6.92 Å². The normalized spacial score (nSPS) is 10.3. The Kier molecular flexibility index (Phi) is 6.48. The number of hydrogen-bond donors (Lipinski definition) is 2. The number of hydrogen-bond acceptors (Lipinski definition) is 7. The van der Waals surface area contributed by atoms with E-state index in [1.54, 1.807) is 49.4 Å². The number of rotatable bonds is 8. The number of carbonyl (C=O) groups excluding carboxylic acids is 3. The van der Waals surface area contributed by atoms with Crippen molar-refractivity contribution in [1.29, 1.82) is 0 Å². The highest BCUT2D eigenvalue weighted by atomic mass is 16.5. The molecule has 30 heavy (non-hydrogen) atoms. The van der Waals surface area contributed by atoms with Gasteiger partial charge in [-0.05, 0) is 31.2 Å². The maximum Gasteiger partial charge on any atom is 0.291 e. The first kappa shape index (κ1) is 20.6. The van der Waals surface area contributed by atoms with Crippen molar-refractivity contribution in [3.05, 3.63) is 60.2 Å². The van der Waals surface area contributed by atoms with Gasteiger partial charge in [0.05, 0.1) is 12.8 Å². The fourth-order valence-electron chi connectivity index (χ4n) is 2.43. The molecule has 10 nitrogen and oxygen atoms in total. The van der Waals surface area contributed by atoms with E-state index in [0.717, 1.165) is 0 Å². The zero-order chi connectivity index (χ0) is 21.5. The third-order valence-electron chi connectivity index (χ3n) is 3.90. The van der Waals surface area contributed by atoms with Gasteiger partial charge in [-0.25, -0.2) is 0 Å². The van der Waals surface area contributed by atoms with Gasteiger partial charge in [-0.1, -0.05) is 11.2 Å². The van der Waals surface area contributed by atoms with Crippen LogP contribution >= 0.6 is 0 Å². The lowest BCUT2D eigenvalue weighted by Crippen LogP contribution is -2.37. The van der Waals surface area contributed by atoms with Gasteiger partial charge in [0.1, 0.15) is 11.5 Å². The lowest BCUT2D eigenvalue weighted by Gasteiger charge is -2.17. The smallest absolute Gasteiger partial charge is 0.291 e. The second-order valence-electron chi connectivity index (χ2n) is 6.37. The van der Waals surface area contributed by atoms with Gasteiger partial charge >= 0.3 is 0 Å². The standard InChI is InChI=1S/C20H20N4O6/c1-13-9-17(23-30-13)22-18(25)11-24(2)19(26)12-29-15-6-3-5-14(10-15)21-20(27)16-7-4-8-28-16/h3-10H,11-12H2,1-2H3,(H,21,27)(H,22,23,25). The summed E-state index contributed by atoms with van der Waals surface area (Å²) in [5.74, 6) is 0.192. The fourth-order valence-corrected chi connectivity index (χ4v) is 2.43. The van der Waals surface area contributed by atoms with E-state index in [-0.39, 0.29) is 24.7 Å². The highest BCUT2D eigenvalue weighted by Gasteiger charge is 2.15. The van der Waals surface area contributed by atoms with Gasteiger partial charge in [0.15, 0.2) is 18.2 Å². The first-order chi connectivity index (χ1) is 14.4. The molecule has 0 aliphatic rings. The van der Waals surface area contributed by atoms with Gasteiger partial charge in [0.25, 0.3) is 11.8 Å². The number of nitrogens with zero attached hydrogens (tertiary/aromatic N) is 2. The first-order valence-corrected chi connectivity index (χ1v) is 8.95. The molecule has 2 N–H and O–H groups in total. The molecular formula is C20H20N4O6. The molecule has 0 saturated carbocycles. The number of ether oxygens (including phenoxy) is 1. The predicted octanol–water partition coefficient (Wildman–Crippen LogP) is 2.30. The summed E-state index contributed by atoms with van der Waals surface area (Å²) in [4.78, 5) is 37.5. The molecule has 10 heteroatoms. The maximum absolute atomic E-state index is 12.2. The highest BCUT2D eigenvalue weighted by molar-refractivity contribution is 6.02. The molecule has 2 aromatic heterocycles. The largest absolute Gasteiger partial charge is 0.484 e. The van der Waals surface area contributed by atoms with E-state index in [4.69, 9.17) is 13.7 Å². The average molecular weight is 412 g/mol. The fraction of sp³-hybridized carbons (Fsp3) is 0.200. The van der Waals surface area contributed by atoms with Gasteiger partial charge in [0.2, 0.25) is 5.91 Å². The number of aromatic nitrogens is 1. The summed E-state index contributed by atoms with van der Waals surface area (Å²) in [6.07, 6.45) is 1.41. The Morgan fingerprint density at radius 2 is 1.97 bits per heavy atom. The molecular weight excluding hydrogens is 392 g/mol. The van der Waals surface area contributed by atoms with Crippen LogP contribution in [-0.4, -0.2) is 48.0 Å². The molecule has 3 rings (SSSR count). The van der Waals surface area contributed by atoms with Crippen LogP contribution in [0.4, 0.5) is 11.5 Å². The van der Waals surface area contributed by atoms with Crippen molar-refractivity contribution < 1.29 is 28.1 Å². The molecule has 0 radical (unpaired) electrons. The highest BCUT2D eigenvalue weighted by Crippen LogP contribution is 2.18. The number of amides is 3. The number of anilines is 2. The van der Waals surface area contributed by atoms with Gasteiger partial charge in [-0.2, -0.15) is 0 Å². The Labute approximate surface area is 171 Å². The molecule has 1 aromatic carbocycles. The Morgan fingerprint density at radius 1 is 1.13 bits per heavy atom. The predicted molar refractivity (Wildman–Crippen MR) is 106 cm³/mol. The molecule has 0 aliphatic carbocycles. The summed E-state index contributed by atoms with van der Waals surface area (Å²) in [5, 5.41) is 8.86. The quantitative estimate of drug-likeness (QED) is 0.581. The number of benzene rings is 1. The number of nitrogens with one attached hydrogen (secondary N) is 2. The van der Waals surface area contributed by atoms with Crippen LogP contribution in [0.25, 0.3) is 0 Å². The molecule has 0 bridgehead atoms. The minimum atomic E-state index is -0.415. The van der Waals surface area contributed by atoms with Crippen LogP contribution in [0.1, 0.15) is 16.3 Å². The number of aryl methyl sites for hydroxylation is 1. The van der Waals surface area contributed by atoms with Crippen LogP contribution in [0.2, 0.25) is 0 Å². The number of likely N-dealkylation sites (N-methyl/N-ethyl adjacent to an activating group) is 1. The third-order valence-corrected chi connectivity index (χ3v) is 3.90. The van der Waals surface area contributed by atoms with Crippen LogP contribution in [0.3, 0.4) is 0 Å². The van der Waals surface area contributed by atoms with Gasteiger partial charge in [-0.15, -0.1) is 0 Å². The molecule has 0 atom stereocenters. The lowest BCUT2D eigenvalue weighted by molar-refractivity contribution is -0.135. The van der Waals surface area contributed by atoms with Crippen LogP contribution in [-0.2, 0) is 9.59 Å². The molecule has 3 amide bonds. The zero-order valence-electron chi connectivity index (χ0n) is 16.4. The first-order valence-electron chi connectivity index (χ1n) is 8.95. The number of furan rings is 1. The Morgan fingerprint density at radius 3 is 2.67 bits per heavy atom. The van der Waals surface area contributed by atoms with Crippen molar-refractivity contribution in [2.75, 3.05) is 30.8 Å². The second-order valence-corrected chi connectivity index (χ2v) is 6.37. The van der Waals surface area contributed by atoms with Gasteiger partial charge in [0, 0.05) is 24.9 Å². The molecule has 2 heterocycles. The van der Waals surface area contributed by atoms with Crippen LogP contribution in [0.5, 0.6) is 5.75 Å². The molecule has 3 aromatic rings. The van der Waals surface area contributed by atoms with Crippen LogP contribution < -0.4 is 15.4 Å². The number of carbonyl (C=O) groups is 3. The maximum atomic E-state index is 12.2. The summed E-state index contributed by atoms with van der Waals surface area (Å²) in [6.45, 7) is 1.25. The van der Waals surface area contributed by atoms with E-state index in [1.165, 1.54) is 18.2 Å². The summed E-state index contributed by atoms with van der Waals surface area (Å²) in [6, 6.07) is 11.3. The summed E-state index contributed by atoms with van der Waals surface area (Å²) >= 11 is 0. The van der Waals surface area contributed by atoms with Crippen molar-refractivity contribution >= 4 is 29.2 Å². The van der Waals surface area contributed by atoms with E-state index in [2.05, 4.69) is 15.8 Å². The van der Waals surface area contributed by atoms with E-state index in [0.29, 0.717) is 17.2 Å². The molecule has 0 fully saturated rings. The van der Waals surface area contributed by atoms with Crippen molar-refractivity contribution in [2.24, 2.45) is 0 Å². The van der Waals surface area contributed by atoms with Crippen LogP contribution in [0.15, 0.2) is 57.7 Å². The SMILES string of the molecule is Cc1cc(NC(=O)CN(C)C(=O)COc2cccc(NC(=O)c3ccco3)c2)no1. The average Bonchev–Trinajstić information content (AvgIpc) is 3.38. The monoisotopic (exact) mass is 412 g/mol. The van der Waals surface area contributed by atoms with E-state index in [9.17, 15) is 14.4 Å². The lowest BCUT2D eigenvalue weighted by atomic mass is 10.3. The van der Waals surface area contributed by atoms with Crippen LogP contribution in [0, 0.1) is 6.92 Å². The topological polar surface area (TPSA) is 127 Å². The molecule has 0 spiro atoms. The Balaban J connectivity index is 1.47. The minimum Gasteiger partial charge on any atom is -0.484 e. The van der Waals surface area contributed by atoms with Crippen molar-refractivity contribution in [3.63, 3.8) is 0 Å². The Hall–Kier alpha value is -4.08.